The number of likely N-dealkylation sites (N-methyl/N-ethyl adjacent to an activating group) is 1. The van der Waals surface area contributed by atoms with Crippen LogP contribution in [0.2, 0.25) is 0 Å². The van der Waals surface area contributed by atoms with Gasteiger partial charge in [0.15, 0.2) is 0 Å². The Morgan fingerprint density at radius 3 is 2.39 bits per heavy atom. The number of carbonyl (C=O) groups is 3. The van der Waals surface area contributed by atoms with Crippen molar-refractivity contribution >= 4 is 41.0 Å². The van der Waals surface area contributed by atoms with Crippen LogP contribution in [0.3, 0.4) is 0 Å². The molecule has 9 nitrogen and oxygen atoms in total. The van der Waals surface area contributed by atoms with E-state index in [9.17, 15) is 14.4 Å². The lowest BCUT2D eigenvalue weighted by molar-refractivity contribution is -0.159. The van der Waals surface area contributed by atoms with Gasteiger partial charge in [0, 0.05) is 46.1 Å². The molecule has 1 saturated heterocycles. The molecule has 0 aromatic heterocycles. The number of nitrogens with zero attached hydrogens (tertiary/aromatic N) is 2. The molecule has 5 unspecified atom stereocenters. The Hall–Kier alpha value is -1.91. The number of rotatable bonds is 11. The summed E-state index contributed by atoms with van der Waals surface area (Å²) < 4.78 is 16.8. The molecule has 38 heavy (non-hydrogen) atoms. The molecule has 3 rings (SSSR count). The van der Waals surface area contributed by atoms with E-state index in [1.165, 1.54) is 6.92 Å². The Morgan fingerprint density at radius 1 is 1.08 bits per heavy atom. The zero-order valence-corrected chi connectivity index (χ0v) is 23.8. The summed E-state index contributed by atoms with van der Waals surface area (Å²) in [7, 11) is 2.10. The highest BCUT2D eigenvalue weighted by Gasteiger charge is 2.49. The molecule has 11 heteroatoms. The summed E-state index contributed by atoms with van der Waals surface area (Å²) in [5, 5.41) is 1.38. The molecule has 1 aromatic carbocycles. The van der Waals surface area contributed by atoms with Crippen LogP contribution in [0.25, 0.3) is 0 Å². The number of benzene rings is 1. The predicted octanol–water partition coefficient (Wildman–Crippen LogP) is 2.08. The minimum Gasteiger partial charge on any atom is -0.464 e. The van der Waals surface area contributed by atoms with Crippen molar-refractivity contribution in [3.8, 4) is 0 Å². The third kappa shape index (κ3) is 8.81. The van der Waals surface area contributed by atoms with E-state index in [-0.39, 0.29) is 19.4 Å². The van der Waals surface area contributed by atoms with Crippen LogP contribution in [0.4, 0.5) is 0 Å². The highest BCUT2D eigenvalue weighted by molar-refractivity contribution is 6.25. The van der Waals surface area contributed by atoms with Crippen molar-refractivity contribution in [3.05, 3.63) is 35.9 Å². The van der Waals surface area contributed by atoms with Crippen LogP contribution < -0.4 is 5.32 Å². The molecular formula is C27H39Cl2N3O6. The quantitative estimate of drug-likeness (QED) is 0.318. The summed E-state index contributed by atoms with van der Waals surface area (Å²) in [6.45, 7) is 8.24. The summed E-state index contributed by atoms with van der Waals surface area (Å²) >= 11 is 13.5. The maximum Gasteiger partial charge on any atom is 0.328 e. The molecule has 6 atom stereocenters. The predicted molar refractivity (Wildman–Crippen MR) is 145 cm³/mol. The number of halogens is 2. The highest BCUT2D eigenvalue weighted by atomic mass is 35.5. The van der Waals surface area contributed by atoms with Crippen molar-refractivity contribution in [1.29, 1.82) is 0 Å². The Labute approximate surface area is 235 Å². The molecule has 0 spiro atoms. The van der Waals surface area contributed by atoms with Gasteiger partial charge in [-0.15, -0.1) is 23.2 Å². The summed E-state index contributed by atoms with van der Waals surface area (Å²) in [5.74, 6) is -2.43. The molecule has 1 aromatic rings. The summed E-state index contributed by atoms with van der Waals surface area (Å²) in [4.78, 5) is 42.7. The van der Waals surface area contributed by atoms with Crippen LogP contribution in [0.1, 0.15) is 25.8 Å². The van der Waals surface area contributed by atoms with E-state index in [1.807, 2.05) is 30.3 Å². The second kappa shape index (κ2) is 15.0. The fraction of sp³-hybridized carbons (Fsp3) is 0.667. The standard InChI is InChI=1S/C27H39Cl2N3O6/c1-4-36-27(35)22(16-19-8-6-5-7-9-19)30-26(34)20-17-21(28)25(23(29)24(20)38-18(2)33)37-15-14-32-12-10-31(3)11-13-32/h5-9,20-25H,4,10-17H2,1-3H3,(H,30,34)/t20?,21?,22-,23?,24?,25?/m1/s1. The van der Waals surface area contributed by atoms with Gasteiger partial charge in [0.25, 0.3) is 0 Å². The van der Waals surface area contributed by atoms with Crippen molar-refractivity contribution in [2.75, 3.05) is 53.0 Å². The van der Waals surface area contributed by atoms with Gasteiger partial charge in [-0.25, -0.2) is 4.79 Å². The topological polar surface area (TPSA) is 97.4 Å². The maximum absolute atomic E-state index is 13.5. The third-order valence-electron chi connectivity index (χ3n) is 6.98. The zero-order valence-electron chi connectivity index (χ0n) is 22.3. The van der Waals surface area contributed by atoms with Gasteiger partial charge in [-0.3, -0.25) is 14.5 Å². The van der Waals surface area contributed by atoms with Gasteiger partial charge >= 0.3 is 11.9 Å². The molecule has 2 fully saturated rings. The Morgan fingerprint density at radius 2 is 1.76 bits per heavy atom. The number of piperazine rings is 1. The second-order valence-electron chi connectivity index (χ2n) is 9.86. The zero-order chi connectivity index (χ0) is 27.7. The Bertz CT molecular complexity index is 915. The highest BCUT2D eigenvalue weighted by Crippen LogP contribution is 2.36. The van der Waals surface area contributed by atoms with Crippen LogP contribution >= 0.6 is 23.2 Å². The first-order valence-corrected chi connectivity index (χ1v) is 14.1. The van der Waals surface area contributed by atoms with E-state index in [0.717, 1.165) is 38.3 Å². The molecule has 212 valence electrons. The van der Waals surface area contributed by atoms with Crippen molar-refractivity contribution in [2.45, 2.75) is 55.7 Å². The summed E-state index contributed by atoms with van der Waals surface area (Å²) in [6.07, 6.45) is -1.14. The van der Waals surface area contributed by atoms with Gasteiger partial charge in [-0.1, -0.05) is 30.3 Å². The number of ether oxygens (including phenoxy) is 3. The van der Waals surface area contributed by atoms with Gasteiger partial charge in [-0.05, 0) is 26.0 Å². The number of esters is 2. The maximum atomic E-state index is 13.5. The fourth-order valence-electron chi connectivity index (χ4n) is 4.86. The largest absolute Gasteiger partial charge is 0.464 e. The lowest BCUT2D eigenvalue weighted by atomic mass is 9.82. The molecular weight excluding hydrogens is 533 g/mol. The van der Waals surface area contributed by atoms with Crippen molar-refractivity contribution in [1.82, 2.24) is 15.1 Å². The smallest absolute Gasteiger partial charge is 0.328 e. The molecule has 1 heterocycles. The number of amides is 1. The molecule has 0 bridgehead atoms. The average Bonchev–Trinajstić information content (AvgIpc) is 2.88. The molecule has 1 saturated carbocycles. The van der Waals surface area contributed by atoms with E-state index in [0.29, 0.717) is 6.61 Å². The number of alkyl halides is 2. The monoisotopic (exact) mass is 571 g/mol. The van der Waals surface area contributed by atoms with Crippen LogP contribution in [-0.4, -0.2) is 110 Å². The number of carbonyl (C=O) groups excluding carboxylic acids is 3. The molecule has 0 radical (unpaired) electrons. The first-order valence-electron chi connectivity index (χ1n) is 13.2. The van der Waals surface area contributed by atoms with E-state index < -0.39 is 52.8 Å². The first kappa shape index (κ1) is 30.6. The number of nitrogens with one attached hydrogen (secondary N) is 1. The SMILES string of the molecule is CCOC(=O)[C@@H](Cc1ccccc1)NC(=O)C1CC(Cl)C(OCCN2CCN(C)CC2)C(Cl)C1OC(C)=O. The van der Waals surface area contributed by atoms with E-state index in [1.54, 1.807) is 6.92 Å². The van der Waals surface area contributed by atoms with Crippen molar-refractivity contribution < 1.29 is 28.6 Å². The van der Waals surface area contributed by atoms with Crippen LogP contribution in [-0.2, 0) is 35.0 Å². The number of hydrogen-bond acceptors (Lipinski definition) is 8. The van der Waals surface area contributed by atoms with Crippen LogP contribution in [0.15, 0.2) is 30.3 Å². The first-order chi connectivity index (χ1) is 18.2. The molecule has 1 N–H and O–H groups in total. The van der Waals surface area contributed by atoms with Crippen molar-refractivity contribution in [2.24, 2.45) is 5.92 Å². The minimum absolute atomic E-state index is 0.175. The van der Waals surface area contributed by atoms with Gasteiger partial charge in [0.05, 0.1) is 36.0 Å². The Balaban J connectivity index is 1.67. The van der Waals surface area contributed by atoms with E-state index in [2.05, 4.69) is 22.2 Å². The summed E-state index contributed by atoms with van der Waals surface area (Å²) in [6, 6.07) is 8.41. The van der Waals surface area contributed by atoms with Gasteiger partial charge in [-0.2, -0.15) is 0 Å². The molecule has 2 aliphatic rings. The fourth-order valence-corrected chi connectivity index (χ4v) is 5.84. The van der Waals surface area contributed by atoms with Gasteiger partial charge in [0.1, 0.15) is 12.1 Å². The normalized spacial score (nSPS) is 27.3. The lowest BCUT2D eigenvalue weighted by Crippen LogP contribution is -2.58. The van der Waals surface area contributed by atoms with Crippen LogP contribution in [0, 0.1) is 5.92 Å². The van der Waals surface area contributed by atoms with Gasteiger partial charge in [0.2, 0.25) is 5.91 Å². The third-order valence-corrected chi connectivity index (χ3v) is 7.91. The lowest BCUT2D eigenvalue weighted by Gasteiger charge is -2.41. The van der Waals surface area contributed by atoms with E-state index >= 15 is 0 Å². The molecule has 1 aliphatic heterocycles. The van der Waals surface area contributed by atoms with Crippen molar-refractivity contribution in [3.63, 3.8) is 0 Å². The van der Waals surface area contributed by atoms with Gasteiger partial charge < -0.3 is 24.4 Å². The number of hydrogen-bond donors (Lipinski definition) is 1. The minimum atomic E-state index is -0.961. The summed E-state index contributed by atoms with van der Waals surface area (Å²) in [5.41, 5.74) is 0.866. The molecule has 1 amide bonds. The Kier molecular flexibility index (Phi) is 12.1. The van der Waals surface area contributed by atoms with E-state index in [4.69, 9.17) is 37.4 Å². The average molecular weight is 573 g/mol. The van der Waals surface area contributed by atoms with Crippen LogP contribution in [0.5, 0.6) is 0 Å². The second-order valence-corrected chi connectivity index (χ2v) is 10.9. The molecule has 1 aliphatic carbocycles.